The van der Waals surface area contributed by atoms with E-state index in [2.05, 4.69) is 29.2 Å². The van der Waals surface area contributed by atoms with E-state index in [1.54, 1.807) is 0 Å². The molecule has 0 aliphatic carbocycles. The molecule has 0 amide bonds. The Hall–Kier alpha value is -3.07. The fourth-order valence-corrected chi connectivity index (χ4v) is 3.13. The van der Waals surface area contributed by atoms with Gasteiger partial charge in [-0.2, -0.15) is 0 Å². The molecule has 3 heteroatoms. The molecule has 2 N–H and O–H groups in total. The molecule has 0 spiro atoms. The first-order valence-electron chi connectivity index (χ1n) is 7.53. The predicted octanol–water partition coefficient (Wildman–Crippen LogP) is 4.62. The summed E-state index contributed by atoms with van der Waals surface area (Å²) in [5.74, 6) is -0.822. The average Bonchev–Trinajstić information content (AvgIpc) is 2.93. The zero-order chi connectivity index (χ0) is 15.8. The van der Waals surface area contributed by atoms with Gasteiger partial charge in [-0.05, 0) is 34.0 Å². The van der Waals surface area contributed by atoms with Crippen LogP contribution in [0.1, 0.15) is 5.56 Å². The Morgan fingerprint density at radius 1 is 0.913 bits per heavy atom. The summed E-state index contributed by atoms with van der Waals surface area (Å²) in [6.07, 6.45) is 0.00612. The van der Waals surface area contributed by atoms with Gasteiger partial charge in [0.2, 0.25) is 0 Å². The highest BCUT2D eigenvalue weighted by molar-refractivity contribution is 5.96. The van der Waals surface area contributed by atoms with Gasteiger partial charge in [0.05, 0.1) is 12.1 Å². The Morgan fingerprint density at radius 3 is 2.48 bits per heavy atom. The van der Waals surface area contributed by atoms with E-state index < -0.39 is 5.97 Å². The van der Waals surface area contributed by atoms with E-state index in [1.807, 2.05) is 42.5 Å². The van der Waals surface area contributed by atoms with Crippen LogP contribution in [0, 0.1) is 0 Å². The number of carbonyl (C=O) groups is 1. The largest absolute Gasteiger partial charge is 0.481 e. The zero-order valence-corrected chi connectivity index (χ0v) is 12.4. The molecule has 112 valence electrons. The number of para-hydroxylation sites is 1. The molecule has 0 saturated heterocycles. The molecular weight excluding hydrogens is 286 g/mol. The number of hydrogen-bond acceptors (Lipinski definition) is 1. The number of rotatable bonds is 3. The number of H-pyrrole nitrogens is 1. The fourth-order valence-electron chi connectivity index (χ4n) is 3.13. The van der Waals surface area contributed by atoms with Gasteiger partial charge in [-0.15, -0.1) is 0 Å². The molecular formula is C20H15NO2. The molecule has 0 aliphatic heterocycles. The van der Waals surface area contributed by atoms with E-state index in [0.29, 0.717) is 0 Å². The van der Waals surface area contributed by atoms with Crippen molar-refractivity contribution in [3.63, 3.8) is 0 Å². The van der Waals surface area contributed by atoms with Gasteiger partial charge in [-0.25, -0.2) is 0 Å². The topological polar surface area (TPSA) is 53.1 Å². The predicted molar refractivity (Wildman–Crippen MR) is 92.6 cm³/mol. The van der Waals surface area contributed by atoms with Gasteiger partial charge in [0, 0.05) is 10.9 Å². The number of carboxylic acid groups (broad SMARTS) is 1. The maximum Gasteiger partial charge on any atom is 0.307 e. The Kier molecular flexibility index (Phi) is 3.12. The zero-order valence-electron chi connectivity index (χ0n) is 12.4. The van der Waals surface area contributed by atoms with Crippen molar-refractivity contribution in [3.05, 3.63) is 72.3 Å². The van der Waals surface area contributed by atoms with Gasteiger partial charge in [-0.3, -0.25) is 4.79 Å². The van der Waals surface area contributed by atoms with Crippen LogP contribution in [0.2, 0.25) is 0 Å². The van der Waals surface area contributed by atoms with Crippen molar-refractivity contribution in [1.82, 2.24) is 4.98 Å². The van der Waals surface area contributed by atoms with E-state index in [0.717, 1.165) is 33.1 Å². The number of aliphatic carboxylic acids is 1. The van der Waals surface area contributed by atoms with Crippen molar-refractivity contribution in [3.8, 4) is 11.3 Å². The van der Waals surface area contributed by atoms with Crippen LogP contribution < -0.4 is 0 Å². The number of carboxylic acids is 1. The molecule has 0 saturated carbocycles. The molecule has 1 aromatic heterocycles. The van der Waals surface area contributed by atoms with Crippen LogP contribution in [0.25, 0.3) is 32.9 Å². The van der Waals surface area contributed by atoms with Crippen LogP contribution >= 0.6 is 0 Å². The first-order valence-corrected chi connectivity index (χ1v) is 7.53. The molecule has 0 radical (unpaired) electrons. The fraction of sp³-hybridized carbons (Fsp3) is 0.0500. The molecule has 1 heterocycles. The summed E-state index contributed by atoms with van der Waals surface area (Å²) in [6, 6.07) is 22.2. The second-order valence-electron chi connectivity index (χ2n) is 5.66. The highest BCUT2D eigenvalue weighted by Crippen LogP contribution is 2.32. The van der Waals surface area contributed by atoms with Crippen molar-refractivity contribution < 1.29 is 9.90 Å². The number of aromatic amines is 1. The Labute approximate surface area is 133 Å². The van der Waals surface area contributed by atoms with Gasteiger partial charge in [-0.1, -0.05) is 54.6 Å². The van der Waals surface area contributed by atoms with Gasteiger partial charge >= 0.3 is 5.97 Å². The molecule has 23 heavy (non-hydrogen) atoms. The maximum absolute atomic E-state index is 11.3. The van der Waals surface area contributed by atoms with Crippen molar-refractivity contribution in [2.75, 3.05) is 0 Å². The SMILES string of the molecule is O=C(O)Cc1c(-c2ccc3ccccc3c2)[nH]c2ccccc12. The molecule has 4 aromatic rings. The molecule has 0 atom stereocenters. The van der Waals surface area contributed by atoms with E-state index in [9.17, 15) is 9.90 Å². The second kappa shape index (κ2) is 5.29. The lowest BCUT2D eigenvalue weighted by Crippen LogP contribution is -2.00. The van der Waals surface area contributed by atoms with Gasteiger partial charge in [0.25, 0.3) is 0 Å². The minimum atomic E-state index is -0.822. The lowest BCUT2D eigenvalue weighted by Gasteiger charge is -2.05. The lowest BCUT2D eigenvalue weighted by molar-refractivity contribution is -0.136. The molecule has 4 rings (SSSR count). The first kappa shape index (κ1) is 13.6. The highest BCUT2D eigenvalue weighted by Gasteiger charge is 2.15. The maximum atomic E-state index is 11.3. The Morgan fingerprint density at radius 2 is 1.65 bits per heavy atom. The standard InChI is InChI=1S/C20H15NO2/c22-19(23)12-17-16-7-3-4-8-18(16)21-20(17)15-10-9-13-5-1-2-6-14(13)11-15/h1-11,21H,12H2,(H,22,23). The van der Waals surface area contributed by atoms with Crippen LogP contribution in [0.3, 0.4) is 0 Å². The lowest BCUT2D eigenvalue weighted by atomic mass is 10.00. The normalized spacial score (nSPS) is 11.1. The second-order valence-corrected chi connectivity index (χ2v) is 5.66. The summed E-state index contributed by atoms with van der Waals surface area (Å²) < 4.78 is 0. The number of benzene rings is 3. The molecule has 3 aromatic carbocycles. The molecule has 0 aliphatic rings. The molecule has 0 bridgehead atoms. The van der Waals surface area contributed by atoms with Crippen molar-refractivity contribution in [2.24, 2.45) is 0 Å². The Bertz CT molecular complexity index is 1030. The van der Waals surface area contributed by atoms with Crippen LogP contribution in [0.15, 0.2) is 66.7 Å². The van der Waals surface area contributed by atoms with Gasteiger partial charge in [0.1, 0.15) is 0 Å². The summed E-state index contributed by atoms with van der Waals surface area (Å²) >= 11 is 0. The van der Waals surface area contributed by atoms with E-state index in [1.165, 1.54) is 5.39 Å². The van der Waals surface area contributed by atoms with Crippen molar-refractivity contribution in [1.29, 1.82) is 0 Å². The summed E-state index contributed by atoms with van der Waals surface area (Å²) in [6.45, 7) is 0. The summed E-state index contributed by atoms with van der Waals surface area (Å²) in [5, 5.41) is 12.6. The van der Waals surface area contributed by atoms with E-state index in [4.69, 9.17) is 0 Å². The highest BCUT2D eigenvalue weighted by atomic mass is 16.4. The molecule has 0 unspecified atom stereocenters. The van der Waals surface area contributed by atoms with Gasteiger partial charge in [0.15, 0.2) is 0 Å². The smallest absolute Gasteiger partial charge is 0.307 e. The van der Waals surface area contributed by atoms with Crippen LogP contribution in [-0.4, -0.2) is 16.1 Å². The third-order valence-corrected chi connectivity index (χ3v) is 4.18. The number of fused-ring (bicyclic) bond motifs is 2. The molecule has 3 nitrogen and oxygen atoms in total. The summed E-state index contributed by atoms with van der Waals surface area (Å²) in [5.41, 5.74) is 3.70. The van der Waals surface area contributed by atoms with Crippen molar-refractivity contribution >= 4 is 27.6 Å². The Balaban J connectivity index is 1.97. The third kappa shape index (κ3) is 2.36. The van der Waals surface area contributed by atoms with Crippen LogP contribution in [-0.2, 0) is 11.2 Å². The third-order valence-electron chi connectivity index (χ3n) is 4.18. The minimum absolute atomic E-state index is 0.00612. The quantitative estimate of drug-likeness (QED) is 0.580. The summed E-state index contributed by atoms with van der Waals surface area (Å²) in [7, 11) is 0. The van der Waals surface area contributed by atoms with Crippen LogP contribution in [0.5, 0.6) is 0 Å². The number of hydrogen-bond donors (Lipinski definition) is 2. The van der Waals surface area contributed by atoms with Gasteiger partial charge < -0.3 is 10.1 Å². The first-order chi connectivity index (χ1) is 11.2. The molecule has 0 fully saturated rings. The van der Waals surface area contributed by atoms with E-state index in [-0.39, 0.29) is 6.42 Å². The minimum Gasteiger partial charge on any atom is -0.481 e. The van der Waals surface area contributed by atoms with Crippen LogP contribution in [0.4, 0.5) is 0 Å². The number of nitrogens with one attached hydrogen (secondary N) is 1. The summed E-state index contributed by atoms with van der Waals surface area (Å²) in [4.78, 5) is 14.7. The number of aromatic nitrogens is 1. The van der Waals surface area contributed by atoms with Crippen molar-refractivity contribution in [2.45, 2.75) is 6.42 Å². The monoisotopic (exact) mass is 301 g/mol. The average molecular weight is 301 g/mol. The van der Waals surface area contributed by atoms with E-state index >= 15 is 0 Å².